The van der Waals surface area contributed by atoms with Gasteiger partial charge in [0.1, 0.15) is 0 Å². The third kappa shape index (κ3) is 2.58. The highest BCUT2D eigenvalue weighted by Gasteiger charge is 2.23. The Morgan fingerprint density at radius 2 is 2.06 bits per heavy atom. The molecule has 0 bridgehead atoms. The Morgan fingerprint density at radius 1 is 1.28 bits per heavy atom. The van der Waals surface area contributed by atoms with Crippen LogP contribution in [0, 0.1) is 0 Å². The van der Waals surface area contributed by atoms with E-state index in [0.717, 1.165) is 19.5 Å². The third-order valence-corrected chi connectivity index (χ3v) is 4.21. The Morgan fingerprint density at radius 3 is 2.83 bits per heavy atom. The van der Waals surface area contributed by atoms with Crippen LogP contribution in [0.4, 0.5) is 0 Å². The molecule has 1 saturated heterocycles. The van der Waals surface area contributed by atoms with Crippen molar-refractivity contribution in [3.05, 3.63) is 17.7 Å². The topological polar surface area (TPSA) is 47.2 Å². The fourth-order valence-electron chi connectivity index (χ4n) is 2.96. The molecule has 2 aliphatic heterocycles. The second-order valence-corrected chi connectivity index (χ2v) is 5.34. The van der Waals surface area contributed by atoms with Gasteiger partial charge in [0.25, 0.3) is 0 Å². The number of hydrogen-bond acceptors (Lipinski definition) is 4. The molecule has 0 saturated carbocycles. The number of aromatic nitrogens is 2. The van der Waals surface area contributed by atoms with E-state index in [1.807, 2.05) is 6.33 Å². The van der Waals surface area contributed by atoms with Gasteiger partial charge in [0.05, 0.1) is 17.7 Å². The summed E-state index contributed by atoms with van der Waals surface area (Å²) in [5.41, 5.74) is 2.52. The lowest BCUT2D eigenvalue weighted by molar-refractivity contribution is 0.125. The summed E-state index contributed by atoms with van der Waals surface area (Å²) in [6.45, 7) is 10.4. The number of nitrogens with one attached hydrogen (secondary N) is 2. The van der Waals surface area contributed by atoms with Crippen molar-refractivity contribution in [3.63, 3.8) is 0 Å². The van der Waals surface area contributed by atoms with Crippen LogP contribution in [0.5, 0.6) is 0 Å². The molecule has 1 atom stereocenters. The third-order valence-electron chi connectivity index (χ3n) is 4.21. The first-order chi connectivity index (χ1) is 8.85. The molecular formula is C13H23N5. The minimum Gasteiger partial charge on any atom is -0.347 e. The van der Waals surface area contributed by atoms with E-state index >= 15 is 0 Å². The van der Waals surface area contributed by atoms with Crippen LogP contribution in [0.2, 0.25) is 0 Å². The molecule has 3 rings (SSSR count). The first-order valence-electron chi connectivity index (χ1n) is 7.04. The van der Waals surface area contributed by atoms with E-state index < -0.39 is 0 Å². The van der Waals surface area contributed by atoms with Crippen molar-refractivity contribution in [2.75, 3.05) is 39.3 Å². The largest absolute Gasteiger partial charge is 0.347 e. The number of aromatic amines is 1. The van der Waals surface area contributed by atoms with Crippen LogP contribution < -0.4 is 5.32 Å². The van der Waals surface area contributed by atoms with Crippen molar-refractivity contribution in [1.29, 1.82) is 0 Å². The summed E-state index contributed by atoms with van der Waals surface area (Å²) < 4.78 is 0. The van der Waals surface area contributed by atoms with Crippen molar-refractivity contribution < 1.29 is 0 Å². The van der Waals surface area contributed by atoms with E-state index in [4.69, 9.17) is 0 Å². The van der Waals surface area contributed by atoms with Crippen LogP contribution in [0.15, 0.2) is 6.33 Å². The van der Waals surface area contributed by atoms with Crippen LogP contribution in [-0.4, -0.2) is 65.1 Å². The molecule has 0 spiro atoms. The lowest BCUT2D eigenvalue weighted by atomic mass is 10.0. The van der Waals surface area contributed by atoms with Gasteiger partial charge in [-0.25, -0.2) is 4.98 Å². The zero-order valence-electron chi connectivity index (χ0n) is 11.2. The molecule has 1 aromatic heterocycles. The molecule has 0 radical (unpaired) electrons. The molecule has 2 aliphatic rings. The average Bonchev–Trinajstić information content (AvgIpc) is 2.87. The quantitative estimate of drug-likeness (QED) is 0.795. The lowest BCUT2D eigenvalue weighted by Crippen LogP contribution is -2.51. The zero-order chi connectivity index (χ0) is 12.4. The summed E-state index contributed by atoms with van der Waals surface area (Å²) in [6, 6.07) is 0.564. The first kappa shape index (κ1) is 12.1. The molecule has 5 heteroatoms. The number of nitrogens with zero attached hydrogens (tertiary/aromatic N) is 3. The Kier molecular flexibility index (Phi) is 3.63. The normalized spacial score (nSPS) is 26.2. The predicted molar refractivity (Wildman–Crippen MR) is 71.5 cm³/mol. The Balaban J connectivity index is 1.50. The van der Waals surface area contributed by atoms with Crippen LogP contribution in [0.25, 0.3) is 0 Å². The minimum absolute atomic E-state index is 0.564. The second kappa shape index (κ2) is 5.38. The maximum absolute atomic E-state index is 4.40. The molecule has 1 aromatic rings. The summed E-state index contributed by atoms with van der Waals surface area (Å²) >= 11 is 0. The van der Waals surface area contributed by atoms with Crippen LogP contribution in [0.1, 0.15) is 18.3 Å². The summed E-state index contributed by atoms with van der Waals surface area (Å²) in [4.78, 5) is 12.7. The van der Waals surface area contributed by atoms with Gasteiger partial charge in [-0.2, -0.15) is 0 Å². The van der Waals surface area contributed by atoms with Gasteiger partial charge < -0.3 is 15.2 Å². The number of piperazine rings is 1. The molecule has 2 N–H and O–H groups in total. The Bertz CT molecular complexity index is 380. The number of rotatable bonds is 3. The maximum Gasteiger partial charge on any atom is 0.0925 e. The number of hydrogen-bond donors (Lipinski definition) is 2. The molecular weight excluding hydrogens is 226 g/mol. The Hall–Kier alpha value is -0.910. The number of likely N-dealkylation sites (N-methyl/N-ethyl adjacent to an activating group) is 1. The molecule has 1 fully saturated rings. The van der Waals surface area contributed by atoms with Crippen LogP contribution in [-0.2, 0) is 13.0 Å². The standard InChI is InChI=1S/C13H23N5/c1-2-17-3-5-18(6-4-17)9-11-7-12-13(8-14-11)16-10-15-12/h10-11,14H,2-9H2,1H3,(H,15,16). The highest BCUT2D eigenvalue weighted by atomic mass is 15.3. The van der Waals surface area contributed by atoms with E-state index in [-0.39, 0.29) is 0 Å². The molecule has 0 aliphatic carbocycles. The molecule has 5 nitrogen and oxygen atoms in total. The van der Waals surface area contributed by atoms with Gasteiger partial charge >= 0.3 is 0 Å². The van der Waals surface area contributed by atoms with Crippen LogP contribution in [0.3, 0.4) is 0 Å². The van der Waals surface area contributed by atoms with Crippen molar-refractivity contribution in [1.82, 2.24) is 25.1 Å². The van der Waals surface area contributed by atoms with Gasteiger partial charge in [-0.3, -0.25) is 4.90 Å². The molecule has 0 amide bonds. The molecule has 18 heavy (non-hydrogen) atoms. The van der Waals surface area contributed by atoms with Crippen molar-refractivity contribution >= 4 is 0 Å². The summed E-state index contributed by atoms with van der Waals surface area (Å²) in [5.74, 6) is 0. The maximum atomic E-state index is 4.40. The smallest absolute Gasteiger partial charge is 0.0925 e. The number of fused-ring (bicyclic) bond motifs is 1. The van der Waals surface area contributed by atoms with Gasteiger partial charge in [0.2, 0.25) is 0 Å². The SMILES string of the molecule is CCN1CCN(CC2Cc3nc[nH]c3CN2)CC1. The van der Waals surface area contributed by atoms with E-state index in [2.05, 4.69) is 32.0 Å². The number of imidazole rings is 1. The van der Waals surface area contributed by atoms with Crippen LogP contribution >= 0.6 is 0 Å². The highest BCUT2D eigenvalue weighted by Crippen LogP contribution is 2.13. The summed E-state index contributed by atoms with van der Waals surface area (Å²) in [7, 11) is 0. The lowest BCUT2D eigenvalue weighted by Gasteiger charge is -2.36. The summed E-state index contributed by atoms with van der Waals surface area (Å²) in [6.07, 6.45) is 2.88. The van der Waals surface area contributed by atoms with Gasteiger partial charge in [-0.15, -0.1) is 0 Å². The fraction of sp³-hybridized carbons (Fsp3) is 0.769. The second-order valence-electron chi connectivity index (χ2n) is 5.34. The first-order valence-corrected chi connectivity index (χ1v) is 7.04. The highest BCUT2D eigenvalue weighted by molar-refractivity contribution is 5.16. The van der Waals surface area contributed by atoms with E-state index in [9.17, 15) is 0 Å². The monoisotopic (exact) mass is 249 g/mol. The van der Waals surface area contributed by atoms with Crippen molar-refractivity contribution in [2.45, 2.75) is 25.9 Å². The molecule has 1 unspecified atom stereocenters. The predicted octanol–water partition coefficient (Wildman–Crippen LogP) is 0.0615. The van der Waals surface area contributed by atoms with E-state index in [1.165, 1.54) is 44.1 Å². The fourth-order valence-corrected chi connectivity index (χ4v) is 2.96. The van der Waals surface area contributed by atoms with Gasteiger partial charge in [-0.05, 0) is 6.54 Å². The van der Waals surface area contributed by atoms with E-state index in [0.29, 0.717) is 6.04 Å². The molecule has 3 heterocycles. The van der Waals surface area contributed by atoms with Gasteiger partial charge in [-0.1, -0.05) is 6.92 Å². The van der Waals surface area contributed by atoms with Gasteiger partial charge in [0, 0.05) is 51.7 Å². The molecule has 0 aromatic carbocycles. The van der Waals surface area contributed by atoms with Crippen molar-refractivity contribution in [2.24, 2.45) is 0 Å². The number of H-pyrrole nitrogens is 1. The molecule has 100 valence electrons. The van der Waals surface area contributed by atoms with E-state index in [1.54, 1.807) is 0 Å². The zero-order valence-corrected chi connectivity index (χ0v) is 11.2. The minimum atomic E-state index is 0.564. The van der Waals surface area contributed by atoms with Gasteiger partial charge in [0.15, 0.2) is 0 Å². The Labute approximate surface area is 109 Å². The van der Waals surface area contributed by atoms with Crippen molar-refractivity contribution in [3.8, 4) is 0 Å². The summed E-state index contributed by atoms with van der Waals surface area (Å²) in [5, 5.41) is 3.61. The average molecular weight is 249 g/mol.